The van der Waals surface area contributed by atoms with E-state index in [-0.39, 0.29) is 0 Å². The molecule has 3 rings (SSSR count). The van der Waals surface area contributed by atoms with E-state index in [0.717, 1.165) is 47.8 Å². The van der Waals surface area contributed by atoms with Gasteiger partial charge in [0, 0.05) is 36.9 Å². The van der Waals surface area contributed by atoms with Gasteiger partial charge in [-0.25, -0.2) is 0 Å². The van der Waals surface area contributed by atoms with E-state index in [1.165, 1.54) is 5.69 Å². The number of thiocarbonyl (C=S) groups is 1. The number of anilines is 2. The van der Waals surface area contributed by atoms with Crippen LogP contribution in [-0.4, -0.2) is 43.3 Å². The van der Waals surface area contributed by atoms with Gasteiger partial charge >= 0.3 is 0 Å². The lowest BCUT2D eigenvalue weighted by Gasteiger charge is -2.37. The third-order valence-corrected chi connectivity index (χ3v) is 4.72. The molecule has 4 nitrogen and oxygen atoms in total. The normalized spacial score (nSPS) is 14.4. The van der Waals surface area contributed by atoms with Crippen LogP contribution in [0.1, 0.15) is 0 Å². The van der Waals surface area contributed by atoms with E-state index in [0.29, 0.717) is 0 Å². The van der Waals surface area contributed by atoms with Crippen LogP contribution in [0.2, 0.25) is 5.02 Å². The van der Waals surface area contributed by atoms with Gasteiger partial charge in [0.15, 0.2) is 5.11 Å². The summed E-state index contributed by atoms with van der Waals surface area (Å²) < 4.78 is 5.36. The Labute approximate surface area is 153 Å². The second kappa shape index (κ2) is 7.73. The third-order valence-electron chi connectivity index (χ3n) is 4.11. The molecule has 1 aliphatic heterocycles. The van der Waals surface area contributed by atoms with Crippen LogP contribution in [0.4, 0.5) is 11.4 Å². The lowest BCUT2D eigenvalue weighted by Crippen LogP contribution is -2.50. The predicted octanol–water partition coefficient (Wildman–Crippen LogP) is 3.87. The summed E-state index contributed by atoms with van der Waals surface area (Å²) in [6, 6.07) is 15.8. The molecule has 0 unspecified atom stereocenters. The van der Waals surface area contributed by atoms with E-state index in [2.05, 4.69) is 27.2 Å². The number of nitrogens with zero attached hydrogens (tertiary/aromatic N) is 2. The standard InChI is InChI=1S/C18H20ClN3OS/c1-23-17-5-3-2-4-16(17)20-18(24)22-12-10-21(11-13-22)15-8-6-14(19)7-9-15/h2-9H,10-13H2,1H3,(H,20,24). The van der Waals surface area contributed by atoms with Gasteiger partial charge in [-0.05, 0) is 48.6 Å². The molecule has 0 atom stereocenters. The van der Waals surface area contributed by atoms with Gasteiger partial charge in [-0.1, -0.05) is 23.7 Å². The van der Waals surface area contributed by atoms with E-state index in [1.54, 1.807) is 7.11 Å². The van der Waals surface area contributed by atoms with Crippen molar-refractivity contribution in [1.82, 2.24) is 4.90 Å². The number of hydrogen-bond acceptors (Lipinski definition) is 3. The van der Waals surface area contributed by atoms with E-state index in [4.69, 9.17) is 28.6 Å². The van der Waals surface area contributed by atoms with Crippen molar-refractivity contribution in [2.75, 3.05) is 43.5 Å². The SMILES string of the molecule is COc1ccccc1NC(=S)N1CCN(c2ccc(Cl)cc2)CC1. The smallest absolute Gasteiger partial charge is 0.173 e. The van der Waals surface area contributed by atoms with Gasteiger partial charge in [0.1, 0.15) is 5.75 Å². The number of benzene rings is 2. The first-order chi connectivity index (χ1) is 11.7. The zero-order chi connectivity index (χ0) is 16.9. The average Bonchev–Trinajstić information content (AvgIpc) is 2.63. The molecule has 0 bridgehead atoms. The lowest BCUT2D eigenvalue weighted by molar-refractivity contribution is 0.390. The molecule has 0 amide bonds. The van der Waals surface area contributed by atoms with Gasteiger partial charge in [0.05, 0.1) is 12.8 Å². The molecule has 1 fully saturated rings. The molecule has 0 spiro atoms. The van der Waals surface area contributed by atoms with E-state index >= 15 is 0 Å². The zero-order valence-electron chi connectivity index (χ0n) is 13.5. The summed E-state index contributed by atoms with van der Waals surface area (Å²) in [6.07, 6.45) is 0. The zero-order valence-corrected chi connectivity index (χ0v) is 15.1. The summed E-state index contributed by atoms with van der Waals surface area (Å²) in [5.41, 5.74) is 2.09. The number of hydrogen-bond donors (Lipinski definition) is 1. The Morgan fingerprint density at radius 3 is 2.38 bits per heavy atom. The van der Waals surface area contributed by atoms with Gasteiger partial charge < -0.3 is 19.9 Å². The van der Waals surface area contributed by atoms with Crippen molar-refractivity contribution in [2.45, 2.75) is 0 Å². The van der Waals surface area contributed by atoms with Crippen LogP contribution in [0.3, 0.4) is 0 Å². The van der Waals surface area contributed by atoms with Crippen molar-refractivity contribution in [3.8, 4) is 5.75 Å². The molecule has 24 heavy (non-hydrogen) atoms. The maximum Gasteiger partial charge on any atom is 0.173 e. The molecule has 0 aromatic heterocycles. The van der Waals surface area contributed by atoms with Crippen molar-refractivity contribution >= 4 is 40.3 Å². The molecule has 1 saturated heterocycles. The van der Waals surface area contributed by atoms with Crippen LogP contribution in [0, 0.1) is 0 Å². The first kappa shape index (κ1) is 16.9. The molecule has 6 heteroatoms. The van der Waals surface area contributed by atoms with Gasteiger partial charge in [-0.2, -0.15) is 0 Å². The number of halogens is 1. The highest BCUT2D eigenvalue weighted by molar-refractivity contribution is 7.80. The van der Waals surface area contributed by atoms with E-state index in [1.807, 2.05) is 36.4 Å². The fourth-order valence-electron chi connectivity index (χ4n) is 2.76. The Hall–Kier alpha value is -1.98. The summed E-state index contributed by atoms with van der Waals surface area (Å²) in [5, 5.41) is 4.78. The van der Waals surface area contributed by atoms with Gasteiger partial charge in [-0.3, -0.25) is 0 Å². The van der Waals surface area contributed by atoms with Gasteiger partial charge in [-0.15, -0.1) is 0 Å². The predicted molar refractivity (Wildman–Crippen MR) is 104 cm³/mol. The van der Waals surface area contributed by atoms with E-state index < -0.39 is 0 Å². The first-order valence-electron chi connectivity index (χ1n) is 7.87. The van der Waals surface area contributed by atoms with Crippen LogP contribution >= 0.6 is 23.8 Å². The molecule has 1 N–H and O–H groups in total. The van der Waals surface area contributed by atoms with Crippen molar-refractivity contribution in [1.29, 1.82) is 0 Å². The third kappa shape index (κ3) is 3.91. The Bertz CT molecular complexity index is 700. The number of methoxy groups -OCH3 is 1. The van der Waals surface area contributed by atoms with Crippen molar-refractivity contribution in [2.24, 2.45) is 0 Å². The average molecular weight is 362 g/mol. The number of nitrogens with one attached hydrogen (secondary N) is 1. The monoisotopic (exact) mass is 361 g/mol. The second-order valence-corrected chi connectivity index (χ2v) is 6.40. The molecule has 0 radical (unpaired) electrons. The largest absolute Gasteiger partial charge is 0.495 e. The lowest BCUT2D eigenvalue weighted by atomic mass is 10.2. The van der Waals surface area contributed by atoms with Crippen molar-refractivity contribution in [3.05, 3.63) is 53.6 Å². The minimum Gasteiger partial charge on any atom is -0.495 e. The summed E-state index contributed by atoms with van der Waals surface area (Å²) in [4.78, 5) is 4.53. The minimum absolute atomic E-state index is 0.732. The fraction of sp³-hybridized carbons (Fsp3) is 0.278. The Kier molecular flexibility index (Phi) is 5.43. The van der Waals surface area contributed by atoms with Gasteiger partial charge in [0.25, 0.3) is 0 Å². The molecule has 2 aromatic rings. The minimum atomic E-state index is 0.732. The summed E-state index contributed by atoms with van der Waals surface area (Å²) in [5.74, 6) is 0.791. The molecule has 0 aliphatic carbocycles. The summed E-state index contributed by atoms with van der Waals surface area (Å²) >= 11 is 11.5. The van der Waals surface area contributed by atoms with Crippen LogP contribution in [-0.2, 0) is 0 Å². The maximum atomic E-state index is 5.95. The summed E-state index contributed by atoms with van der Waals surface area (Å²) in [6.45, 7) is 3.61. The van der Waals surface area contributed by atoms with E-state index in [9.17, 15) is 0 Å². The number of para-hydroxylation sites is 2. The fourth-order valence-corrected chi connectivity index (χ4v) is 3.18. The molecule has 2 aromatic carbocycles. The highest BCUT2D eigenvalue weighted by Crippen LogP contribution is 2.24. The summed E-state index contributed by atoms with van der Waals surface area (Å²) in [7, 11) is 1.66. The highest BCUT2D eigenvalue weighted by Gasteiger charge is 2.19. The van der Waals surface area contributed by atoms with Gasteiger partial charge in [0.2, 0.25) is 0 Å². The Balaban J connectivity index is 1.58. The Morgan fingerprint density at radius 1 is 1.04 bits per heavy atom. The van der Waals surface area contributed by atoms with Crippen LogP contribution in [0.15, 0.2) is 48.5 Å². The highest BCUT2D eigenvalue weighted by atomic mass is 35.5. The number of ether oxygens (including phenoxy) is 1. The number of piperazine rings is 1. The second-order valence-electron chi connectivity index (χ2n) is 5.58. The van der Waals surface area contributed by atoms with Crippen LogP contribution in [0.5, 0.6) is 5.75 Å². The Morgan fingerprint density at radius 2 is 1.71 bits per heavy atom. The van der Waals surface area contributed by atoms with Crippen LogP contribution in [0.25, 0.3) is 0 Å². The molecule has 1 heterocycles. The van der Waals surface area contributed by atoms with Crippen LogP contribution < -0.4 is 15.0 Å². The van der Waals surface area contributed by atoms with Crippen molar-refractivity contribution in [3.63, 3.8) is 0 Å². The van der Waals surface area contributed by atoms with Crippen molar-refractivity contribution < 1.29 is 4.74 Å². The first-order valence-corrected chi connectivity index (χ1v) is 8.65. The maximum absolute atomic E-state index is 5.95. The topological polar surface area (TPSA) is 27.7 Å². The molecule has 126 valence electrons. The molecule has 0 saturated carbocycles. The number of rotatable bonds is 3. The quantitative estimate of drug-likeness (QED) is 0.838. The molecule has 1 aliphatic rings. The molecular formula is C18H20ClN3OS. The molecular weight excluding hydrogens is 342 g/mol.